The number of halogens is 1. The van der Waals surface area contributed by atoms with Crippen LogP contribution < -0.4 is 5.01 Å². The SMILES string of the molecule is CC1=NN(c2ccc(Cl)c(C(=O)O)c2)C(=O)/C1=C\c1ccc(O)c(CO)c1. The fourth-order valence-electron chi connectivity index (χ4n) is 2.66. The Hall–Kier alpha value is -3.16. The molecule has 27 heavy (non-hydrogen) atoms. The van der Waals surface area contributed by atoms with Crippen molar-refractivity contribution in [3.05, 3.63) is 63.7 Å². The summed E-state index contributed by atoms with van der Waals surface area (Å²) in [5, 5.41) is 33.5. The number of aromatic carboxylic acids is 1. The molecule has 3 rings (SSSR count). The number of carboxylic acid groups (broad SMARTS) is 1. The lowest BCUT2D eigenvalue weighted by Crippen LogP contribution is -2.21. The van der Waals surface area contributed by atoms with Gasteiger partial charge in [-0.2, -0.15) is 10.1 Å². The molecule has 1 amide bonds. The second-order valence-corrected chi connectivity index (χ2v) is 6.28. The van der Waals surface area contributed by atoms with Gasteiger partial charge in [0.2, 0.25) is 0 Å². The summed E-state index contributed by atoms with van der Waals surface area (Å²) in [6.45, 7) is 1.32. The molecule has 2 aromatic rings. The summed E-state index contributed by atoms with van der Waals surface area (Å²) < 4.78 is 0. The van der Waals surface area contributed by atoms with E-state index in [4.69, 9.17) is 11.6 Å². The normalized spacial score (nSPS) is 15.4. The lowest BCUT2D eigenvalue weighted by molar-refractivity contribution is -0.114. The molecule has 1 aliphatic rings. The number of hydrogen-bond acceptors (Lipinski definition) is 5. The number of benzene rings is 2. The number of rotatable bonds is 4. The zero-order chi connectivity index (χ0) is 19.7. The predicted molar refractivity (Wildman–Crippen MR) is 101 cm³/mol. The second-order valence-electron chi connectivity index (χ2n) is 5.88. The number of hydrazone groups is 1. The van der Waals surface area contributed by atoms with Crippen LogP contribution in [-0.4, -0.2) is 32.9 Å². The number of carboxylic acids is 1. The first-order chi connectivity index (χ1) is 12.8. The monoisotopic (exact) mass is 386 g/mol. The Bertz CT molecular complexity index is 1010. The molecule has 0 fully saturated rings. The number of carbonyl (C=O) groups is 2. The minimum Gasteiger partial charge on any atom is -0.508 e. The summed E-state index contributed by atoms with van der Waals surface area (Å²) in [7, 11) is 0. The van der Waals surface area contributed by atoms with E-state index in [1.807, 2.05) is 0 Å². The second kappa shape index (κ2) is 7.22. The predicted octanol–water partition coefficient (Wildman–Crippen LogP) is 3.04. The summed E-state index contributed by atoms with van der Waals surface area (Å²) in [5.41, 5.74) is 1.87. The maximum absolute atomic E-state index is 12.8. The van der Waals surface area contributed by atoms with Crippen LogP contribution in [0.25, 0.3) is 6.08 Å². The Kier molecular flexibility index (Phi) is 4.98. The maximum Gasteiger partial charge on any atom is 0.337 e. The summed E-state index contributed by atoms with van der Waals surface area (Å²) in [5.74, 6) is -1.66. The largest absolute Gasteiger partial charge is 0.508 e. The molecule has 0 saturated heterocycles. The Morgan fingerprint density at radius 1 is 1.26 bits per heavy atom. The third-order valence-electron chi connectivity index (χ3n) is 4.07. The molecule has 3 N–H and O–H groups in total. The van der Waals surface area contributed by atoms with E-state index in [2.05, 4.69) is 5.10 Å². The first-order valence-electron chi connectivity index (χ1n) is 7.89. The molecule has 1 heterocycles. The molecule has 1 aliphatic heterocycles. The number of aliphatic hydroxyl groups excluding tert-OH is 1. The van der Waals surface area contributed by atoms with Crippen molar-refractivity contribution in [2.45, 2.75) is 13.5 Å². The van der Waals surface area contributed by atoms with Gasteiger partial charge >= 0.3 is 5.97 Å². The van der Waals surface area contributed by atoms with Gasteiger partial charge < -0.3 is 15.3 Å². The van der Waals surface area contributed by atoms with Gasteiger partial charge in [0.1, 0.15) is 5.75 Å². The van der Waals surface area contributed by atoms with Gasteiger partial charge in [0.15, 0.2) is 0 Å². The van der Waals surface area contributed by atoms with Crippen LogP contribution in [0.3, 0.4) is 0 Å². The van der Waals surface area contributed by atoms with E-state index in [9.17, 15) is 24.9 Å². The van der Waals surface area contributed by atoms with Crippen molar-refractivity contribution in [3.8, 4) is 5.75 Å². The van der Waals surface area contributed by atoms with Gasteiger partial charge in [0, 0.05) is 5.56 Å². The molecule has 7 nitrogen and oxygen atoms in total. The Morgan fingerprint density at radius 2 is 2.00 bits per heavy atom. The van der Waals surface area contributed by atoms with Crippen LogP contribution in [0.4, 0.5) is 5.69 Å². The third-order valence-corrected chi connectivity index (χ3v) is 4.40. The minimum absolute atomic E-state index is 0.0354. The van der Waals surface area contributed by atoms with Crippen molar-refractivity contribution in [1.29, 1.82) is 0 Å². The van der Waals surface area contributed by atoms with Crippen LogP contribution in [0.15, 0.2) is 47.1 Å². The molecule has 138 valence electrons. The van der Waals surface area contributed by atoms with Crippen LogP contribution in [0, 0.1) is 0 Å². The van der Waals surface area contributed by atoms with Crippen molar-refractivity contribution in [1.82, 2.24) is 0 Å². The summed E-state index contributed by atoms with van der Waals surface area (Å²) in [6, 6.07) is 8.79. The Labute approximate surface area is 159 Å². The van der Waals surface area contributed by atoms with Gasteiger partial charge in [0.05, 0.1) is 34.2 Å². The highest BCUT2D eigenvalue weighted by Gasteiger charge is 2.29. The van der Waals surface area contributed by atoms with Crippen LogP contribution in [0.1, 0.15) is 28.4 Å². The number of aromatic hydroxyl groups is 1. The average Bonchev–Trinajstić information content (AvgIpc) is 2.91. The standard InChI is InChI=1S/C19H15ClN2O5/c1-10-14(7-11-2-5-17(24)12(6-11)9-23)18(25)22(21-10)13-3-4-16(20)15(8-13)19(26)27/h2-8,23-24H,9H2,1H3,(H,26,27)/b14-7-. The number of phenols is 1. The Morgan fingerprint density at radius 3 is 2.67 bits per heavy atom. The van der Waals surface area contributed by atoms with Crippen LogP contribution in [0.2, 0.25) is 5.02 Å². The van der Waals surface area contributed by atoms with Crippen molar-refractivity contribution >= 4 is 41.0 Å². The van der Waals surface area contributed by atoms with Gasteiger partial charge in [-0.3, -0.25) is 4.79 Å². The Balaban J connectivity index is 1.97. The molecule has 0 unspecified atom stereocenters. The van der Waals surface area contributed by atoms with E-state index in [0.29, 0.717) is 22.4 Å². The highest BCUT2D eigenvalue weighted by molar-refractivity contribution is 6.34. The number of hydrogen-bond donors (Lipinski definition) is 3. The summed E-state index contributed by atoms with van der Waals surface area (Å²) in [6.07, 6.45) is 1.59. The molecule has 0 aromatic heterocycles. The lowest BCUT2D eigenvalue weighted by Gasteiger charge is -2.13. The van der Waals surface area contributed by atoms with E-state index < -0.39 is 11.9 Å². The van der Waals surface area contributed by atoms with Crippen molar-refractivity contribution in [2.24, 2.45) is 5.10 Å². The molecule has 0 radical (unpaired) electrons. The molecule has 0 saturated carbocycles. The smallest absolute Gasteiger partial charge is 0.337 e. The fourth-order valence-corrected chi connectivity index (χ4v) is 2.86. The van der Waals surface area contributed by atoms with Crippen molar-refractivity contribution in [3.63, 3.8) is 0 Å². The number of anilines is 1. The number of aliphatic hydroxyl groups is 1. The first-order valence-corrected chi connectivity index (χ1v) is 8.27. The number of nitrogens with zero attached hydrogens (tertiary/aromatic N) is 2. The quantitative estimate of drug-likeness (QED) is 0.699. The lowest BCUT2D eigenvalue weighted by atomic mass is 10.0. The van der Waals surface area contributed by atoms with Gasteiger partial charge in [-0.15, -0.1) is 0 Å². The zero-order valence-corrected chi connectivity index (χ0v) is 14.9. The topological polar surface area (TPSA) is 110 Å². The van der Waals surface area contributed by atoms with E-state index in [1.165, 1.54) is 24.3 Å². The van der Waals surface area contributed by atoms with E-state index >= 15 is 0 Å². The maximum atomic E-state index is 12.8. The van der Waals surface area contributed by atoms with Gasteiger partial charge in [-0.05, 0) is 48.9 Å². The van der Waals surface area contributed by atoms with E-state index in [-0.39, 0.29) is 28.6 Å². The van der Waals surface area contributed by atoms with Gasteiger partial charge in [0.25, 0.3) is 5.91 Å². The fraction of sp³-hybridized carbons (Fsp3) is 0.105. The molecular formula is C19H15ClN2O5. The van der Waals surface area contributed by atoms with Gasteiger partial charge in [-0.1, -0.05) is 17.7 Å². The highest BCUT2D eigenvalue weighted by atomic mass is 35.5. The van der Waals surface area contributed by atoms with Crippen LogP contribution >= 0.6 is 11.6 Å². The van der Waals surface area contributed by atoms with E-state index in [0.717, 1.165) is 5.01 Å². The van der Waals surface area contributed by atoms with Gasteiger partial charge in [-0.25, -0.2) is 4.79 Å². The molecule has 0 bridgehead atoms. The summed E-state index contributed by atoms with van der Waals surface area (Å²) >= 11 is 5.87. The molecular weight excluding hydrogens is 372 g/mol. The minimum atomic E-state index is -1.20. The van der Waals surface area contributed by atoms with E-state index in [1.54, 1.807) is 25.1 Å². The zero-order valence-electron chi connectivity index (χ0n) is 14.2. The molecule has 2 aromatic carbocycles. The number of amides is 1. The van der Waals surface area contributed by atoms with Crippen molar-refractivity contribution < 1.29 is 24.9 Å². The summed E-state index contributed by atoms with van der Waals surface area (Å²) in [4.78, 5) is 24.0. The molecule has 0 aliphatic carbocycles. The highest BCUT2D eigenvalue weighted by Crippen LogP contribution is 2.29. The number of carbonyl (C=O) groups excluding carboxylic acids is 1. The molecule has 8 heteroatoms. The molecule has 0 atom stereocenters. The van der Waals surface area contributed by atoms with Crippen LogP contribution in [-0.2, 0) is 11.4 Å². The first kappa shape index (κ1) is 18.6. The van der Waals surface area contributed by atoms with Crippen LogP contribution in [0.5, 0.6) is 5.75 Å². The molecule has 0 spiro atoms. The average molecular weight is 387 g/mol. The van der Waals surface area contributed by atoms with Crippen molar-refractivity contribution in [2.75, 3.05) is 5.01 Å². The third kappa shape index (κ3) is 3.55.